The number of hydrogen-bond donors (Lipinski definition) is 1. The first-order valence-corrected chi connectivity index (χ1v) is 6.96. The lowest BCUT2D eigenvalue weighted by atomic mass is 10.2. The van der Waals surface area contributed by atoms with Gasteiger partial charge in [0.15, 0.2) is 17.0 Å². The van der Waals surface area contributed by atoms with Crippen LogP contribution in [0.25, 0.3) is 17.1 Å². The smallest absolute Gasteiger partial charge is 0.305 e. The maximum Gasteiger partial charge on any atom is 0.447 e. The van der Waals surface area contributed by atoms with E-state index >= 15 is 0 Å². The number of anilines is 1. The molecule has 6 nitrogen and oxygen atoms in total. The maximum absolute atomic E-state index is 13.8. The van der Waals surface area contributed by atoms with E-state index in [0.717, 1.165) is 6.33 Å². The second-order valence-corrected chi connectivity index (χ2v) is 4.93. The molecule has 0 aliphatic rings. The summed E-state index contributed by atoms with van der Waals surface area (Å²) in [4.78, 5) is 23.2. The standard InChI is InChI=1S/C15H8F5N5O/c16-10(15(18,19)20)11(17)25-7-23-9-12(21-6-22-13(9)25)24-14(26)8-4-2-1-3-5-8/h1-7H,(H,21,22,24,26)/b11-10-. The number of nitrogens with one attached hydrogen (secondary N) is 1. The van der Waals surface area contributed by atoms with Crippen LogP contribution in [-0.4, -0.2) is 31.6 Å². The number of nitrogens with zero attached hydrogens (tertiary/aromatic N) is 4. The third-order valence-electron chi connectivity index (χ3n) is 3.24. The van der Waals surface area contributed by atoms with E-state index in [1.165, 1.54) is 12.1 Å². The Kier molecular flexibility index (Phi) is 4.36. The Morgan fingerprint density at radius 2 is 1.73 bits per heavy atom. The SMILES string of the molecule is O=C(Nc1ncnc2c1ncn2/C(F)=C(\F)C(F)(F)F)c1ccccc1. The molecule has 0 saturated heterocycles. The number of carbonyl (C=O) groups is 1. The molecule has 0 aliphatic carbocycles. The molecular formula is C15H8F5N5O. The molecule has 0 unspecified atom stereocenters. The number of carbonyl (C=O) groups excluding carboxylic acids is 1. The van der Waals surface area contributed by atoms with Gasteiger partial charge in [0, 0.05) is 5.56 Å². The Labute approximate surface area is 142 Å². The van der Waals surface area contributed by atoms with Gasteiger partial charge in [0.05, 0.1) is 0 Å². The predicted molar refractivity (Wildman–Crippen MR) is 81.2 cm³/mol. The van der Waals surface area contributed by atoms with Gasteiger partial charge < -0.3 is 5.32 Å². The normalized spacial score (nSPS) is 12.8. The number of halogens is 5. The van der Waals surface area contributed by atoms with Gasteiger partial charge in [0.25, 0.3) is 11.7 Å². The van der Waals surface area contributed by atoms with E-state index in [0.29, 0.717) is 6.33 Å². The minimum Gasteiger partial charge on any atom is -0.305 e. The summed E-state index contributed by atoms with van der Waals surface area (Å²) in [5.74, 6) is -5.88. The third kappa shape index (κ3) is 3.23. The Hall–Kier alpha value is -3.37. The fourth-order valence-electron chi connectivity index (χ4n) is 2.06. The van der Waals surface area contributed by atoms with Crippen LogP contribution in [0.5, 0.6) is 0 Å². The van der Waals surface area contributed by atoms with Crippen LogP contribution in [0.3, 0.4) is 0 Å². The highest BCUT2D eigenvalue weighted by molar-refractivity contribution is 6.06. The number of rotatable bonds is 3. The predicted octanol–water partition coefficient (Wildman–Crippen LogP) is 3.71. The van der Waals surface area contributed by atoms with E-state index in [4.69, 9.17) is 0 Å². The van der Waals surface area contributed by atoms with Crippen LogP contribution in [0.15, 0.2) is 48.8 Å². The van der Waals surface area contributed by atoms with Gasteiger partial charge in [-0.15, -0.1) is 0 Å². The lowest BCUT2D eigenvalue weighted by Crippen LogP contribution is -2.13. The second kappa shape index (κ2) is 6.50. The van der Waals surface area contributed by atoms with Crippen molar-refractivity contribution < 1.29 is 26.7 Å². The van der Waals surface area contributed by atoms with E-state index in [-0.39, 0.29) is 21.5 Å². The third-order valence-corrected chi connectivity index (χ3v) is 3.24. The van der Waals surface area contributed by atoms with Crippen LogP contribution in [0.1, 0.15) is 10.4 Å². The summed E-state index contributed by atoms with van der Waals surface area (Å²) < 4.78 is 64.1. The number of benzene rings is 1. The molecule has 3 aromatic rings. The summed E-state index contributed by atoms with van der Waals surface area (Å²) in [6.07, 6.45) is -4.02. The zero-order chi connectivity index (χ0) is 18.9. The van der Waals surface area contributed by atoms with Gasteiger partial charge >= 0.3 is 6.18 Å². The molecule has 1 aromatic carbocycles. The van der Waals surface area contributed by atoms with E-state index < -0.39 is 29.5 Å². The average molecular weight is 369 g/mol. The number of aromatic nitrogens is 4. The molecule has 0 spiro atoms. The number of amides is 1. The zero-order valence-corrected chi connectivity index (χ0v) is 12.6. The number of hydrogen-bond acceptors (Lipinski definition) is 4. The first-order chi connectivity index (χ1) is 12.3. The summed E-state index contributed by atoms with van der Waals surface area (Å²) >= 11 is 0. The zero-order valence-electron chi connectivity index (χ0n) is 12.6. The van der Waals surface area contributed by atoms with Gasteiger partial charge in [-0.25, -0.2) is 15.0 Å². The lowest BCUT2D eigenvalue weighted by Gasteiger charge is -2.07. The highest BCUT2D eigenvalue weighted by atomic mass is 19.4. The van der Waals surface area contributed by atoms with Crippen molar-refractivity contribution in [3.8, 4) is 0 Å². The minimum absolute atomic E-state index is 0.164. The molecule has 1 amide bonds. The molecule has 2 aromatic heterocycles. The van der Waals surface area contributed by atoms with Gasteiger partial charge in [0.1, 0.15) is 12.7 Å². The molecule has 0 aliphatic heterocycles. The molecule has 1 N–H and O–H groups in total. The average Bonchev–Trinajstić information content (AvgIpc) is 3.05. The number of fused-ring (bicyclic) bond motifs is 1. The molecular weight excluding hydrogens is 361 g/mol. The molecule has 0 atom stereocenters. The Morgan fingerprint density at radius 3 is 2.38 bits per heavy atom. The second-order valence-electron chi connectivity index (χ2n) is 4.93. The largest absolute Gasteiger partial charge is 0.447 e. The monoisotopic (exact) mass is 369 g/mol. The van der Waals surface area contributed by atoms with E-state index in [2.05, 4.69) is 20.3 Å². The summed E-state index contributed by atoms with van der Waals surface area (Å²) in [7, 11) is 0. The van der Waals surface area contributed by atoms with Crippen molar-refractivity contribution in [2.45, 2.75) is 6.18 Å². The molecule has 11 heteroatoms. The summed E-state index contributed by atoms with van der Waals surface area (Å²) in [6.45, 7) is 0. The molecule has 0 radical (unpaired) electrons. The van der Waals surface area contributed by atoms with E-state index in [1.54, 1.807) is 18.2 Å². The topological polar surface area (TPSA) is 72.7 Å². The quantitative estimate of drug-likeness (QED) is 0.715. The fraction of sp³-hybridized carbons (Fsp3) is 0.0667. The number of allylic oxidation sites excluding steroid dienone is 1. The molecule has 2 heterocycles. The maximum atomic E-state index is 13.8. The summed E-state index contributed by atoms with van der Waals surface area (Å²) in [5, 5.41) is 2.39. The van der Waals surface area contributed by atoms with Crippen molar-refractivity contribution in [2.24, 2.45) is 0 Å². The van der Waals surface area contributed by atoms with E-state index in [1.807, 2.05) is 0 Å². The van der Waals surface area contributed by atoms with Crippen molar-refractivity contribution in [1.29, 1.82) is 0 Å². The van der Waals surface area contributed by atoms with Gasteiger partial charge in [-0.05, 0) is 12.1 Å². The van der Waals surface area contributed by atoms with Gasteiger partial charge in [-0.3, -0.25) is 9.36 Å². The van der Waals surface area contributed by atoms with Gasteiger partial charge in [0.2, 0.25) is 5.95 Å². The van der Waals surface area contributed by atoms with Gasteiger partial charge in [-0.1, -0.05) is 18.2 Å². The lowest BCUT2D eigenvalue weighted by molar-refractivity contribution is -0.109. The Balaban J connectivity index is 2.01. The summed E-state index contributed by atoms with van der Waals surface area (Å²) in [6, 6.07) is 7.99. The van der Waals surface area contributed by atoms with E-state index in [9.17, 15) is 26.7 Å². The first-order valence-electron chi connectivity index (χ1n) is 6.96. The van der Waals surface area contributed by atoms with Crippen LogP contribution in [-0.2, 0) is 0 Å². The number of alkyl halides is 3. The molecule has 0 fully saturated rings. The van der Waals surface area contributed by atoms with Crippen molar-refractivity contribution in [3.63, 3.8) is 0 Å². The Bertz CT molecular complexity index is 997. The molecule has 26 heavy (non-hydrogen) atoms. The van der Waals surface area contributed by atoms with Crippen LogP contribution in [0, 0.1) is 0 Å². The summed E-state index contributed by atoms with van der Waals surface area (Å²) in [5.41, 5.74) is -0.366. The highest BCUT2D eigenvalue weighted by Crippen LogP contribution is 2.33. The van der Waals surface area contributed by atoms with Crippen LogP contribution in [0.2, 0.25) is 0 Å². The highest BCUT2D eigenvalue weighted by Gasteiger charge is 2.39. The van der Waals surface area contributed by atoms with Crippen molar-refractivity contribution in [2.75, 3.05) is 5.32 Å². The first kappa shape index (κ1) is 17.5. The van der Waals surface area contributed by atoms with Crippen LogP contribution < -0.4 is 5.32 Å². The van der Waals surface area contributed by atoms with Crippen molar-refractivity contribution >= 4 is 28.8 Å². The van der Waals surface area contributed by atoms with Crippen LogP contribution >= 0.6 is 0 Å². The van der Waals surface area contributed by atoms with Crippen LogP contribution in [0.4, 0.5) is 27.8 Å². The molecule has 0 saturated carbocycles. The molecule has 134 valence electrons. The fourth-order valence-corrected chi connectivity index (χ4v) is 2.06. The molecule has 0 bridgehead atoms. The number of imidazole rings is 1. The van der Waals surface area contributed by atoms with Gasteiger partial charge in [-0.2, -0.15) is 22.0 Å². The Morgan fingerprint density at radius 1 is 1.04 bits per heavy atom. The minimum atomic E-state index is -5.50. The van der Waals surface area contributed by atoms with Crippen molar-refractivity contribution in [1.82, 2.24) is 19.5 Å². The molecule has 3 rings (SSSR count). The van der Waals surface area contributed by atoms with Crippen molar-refractivity contribution in [3.05, 3.63) is 54.4 Å².